The molecule has 1 heterocycles. The van der Waals surface area contributed by atoms with Crippen LogP contribution in [0.2, 0.25) is 0 Å². The zero-order valence-electron chi connectivity index (χ0n) is 9.40. The zero-order chi connectivity index (χ0) is 10.8. The lowest BCUT2D eigenvalue weighted by molar-refractivity contribution is -0.645. The number of ether oxygens (including phenoxy) is 1. The molecule has 0 atom stereocenters. The van der Waals surface area contributed by atoms with E-state index in [0.29, 0.717) is 0 Å². The topological polar surface area (TPSA) is 13.1 Å². The van der Waals surface area contributed by atoms with Crippen molar-refractivity contribution < 1.29 is 9.30 Å². The van der Waals surface area contributed by atoms with Crippen molar-refractivity contribution >= 4 is 10.9 Å². The molecule has 1 aromatic carbocycles. The third kappa shape index (κ3) is 2.09. The highest BCUT2D eigenvalue weighted by Crippen LogP contribution is 2.17. The molecule has 15 heavy (non-hydrogen) atoms. The highest BCUT2D eigenvalue weighted by molar-refractivity contribution is 5.76. The summed E-state index contributed by atoms with van der Waals surface area (Å²) in [6, 6.07) is 10.4. The first-order valence-corrected chi connectivity index (χ1v) is 5.22. The number of para-hydroxylation sites is 1. The van der Waals surface area contributed by atoms with Gasteiger partial charge >= 0.3 is 0 Å². The molecule has 0 fully saturated rings. The average molecular weight is 202 g/mol. The molecule has 2 rings (SSSR count). The largest absolute Gasteiger partial charge is 0.485 e. The molecular weight excluding hydrogens is 186 g/mol. The van der Waals surface area contributed by atoms with E-state index < -0.39 is 0 Å². The fourth-order valence-corrected chi connectivity index (χ4v) is 1.72. The van der Waals surface area contributed by atoms with Gasteiger partial charge in [-0.05, 0) is 19.9 Å². The van der Waals surface area contributed by atoms with E-state index in [1.54, 1.807) is 0 Å². The molecule has 0 aliphatic carbocycles. The molecule has 0 aliphatic heterocycles. The minimum absolute atomic E-state index is 0.214. The van der Waals surface area contributed by atoms with Crippen molar-refractivity contribution in [3.8, 4) is 5.75 Å². The van der Waals surface area contributed by atoms with Crippen molar-refractivity contribution in [1.82, 2.24) is 0 Å². The van der Waals surface area contributed by atoms with Gasteiger partial charge in [0.15, 0.2) is 5.75 Å². The molecule has 0 spiro atoms. The lowest BCUT2D eigenvalue weighted by Crippen LogP contribution is -2.28. The fourth-order valence-electron chi connectivity index (χ4n) is 1.72. The summed E-state index contributed by atoms with van der Waals surface area (Å²) >= 11 is 0. The van der Waals surface area contributed by atoms with E-state index in [4.69, 9.17) is 4.74 Å². The van der Waals surface area contributed by atoms with Gasteiger partial charge in [-0.25, -0.2) is 0 Å². The van der Waals surface area contributed by atoms with Gasteiger partial charge in [-0.3, -0.25) is 0 Å². The normalized spacial score (nSPS) is 10.9. The first-order valence-electron chi connectivity index (χ1n) is 5.22. The predicted molar refractivity (Wildman–Crippen MR) is 60.9 cm³/mol. The van der Waals surface area contributed by atoms with Gasteiger partial charge < -0.3 is 4.74 Å². The highest BCUT2D eigenvalue weighted by atomic mass is 16.5. The monoisotopic (exact) mass is 202 g/mol. The highest BCUT2D eigenvalue weighted by Gasteiger charge is 2.08. The van der Waals surface area contributed by atoms with E-state index in [1.807, 2.05) is 39.2 Å². The van der Waals surface area contributed by atoms with Crippen LogP contribution in [0.15, 0.2) is 36.5 Å². The molecule has 0 N–H and O–H groups in total. The SMILES string of the molecule is CC(C)Oc1cc2ccccc2[n+](C)c1. The maximum atomic E-state index is 5.68. The third-order valence-electron chi connectivity index (χ3n) is 2.31. The molecule has 0 amide bonds. The molecule has 0 radical (unpaired) electrons. The Bertz CT molecular complexity index is 477. The molecule has 2 nitrogen and oxygen atoms in total. The lowest BCUT2D eigenvalue weighted by Gasteiger charge is -2.08. The van der Waals surface area contributed by atoms with E-state index in [2.05, 4.69) is 22.8 Å². The summed E-state index contributed by atoms with van der Waals surface area (Å²) in [7, 11) is 2.04. The summed E-state index contributed by atoms with van der Waals surface area (Å²) in [6.45, 7) is 4.07. The Morgan fingerprint density at radius 2 is 1.93 bits per heavy atom. The molecule has 1 aromatic heterocycles. The average Bonchev–Trinajstić information content (AvgIpc) is 2.16. The van der Waals surface area contributed by atoms with Crippen LogP contribution in [-0.2, 0) is 7.05 Å². The third-order valence-corrected chi connectivity index (χ3v) is 2.31. The maximum Gasteiger partial charge on any atom is 0.212 e. The van der Waals surface area contributed by atoms with Gasteiger partial charge in [-0.1, -0.05) is 12.1 Å². The first-order chi connectivity index (χ1) is 7.16. The van der Waals surface area contributed by atoms with E-state index in [1.165, 1.54) is 10.9 Å². The second-order valence-corrected chi connectivity index (χ2v) is 4.01. The van der Waals surface area contributed by atoms with Crippen LogP contribution in [-0.4, -0.2) is 6.10 Å². The first kappa shape index (κ1) is 9.97. The summed E-state index contributed by atoms with van der Waals surface area (Å²) in [5.41, 5.74) is 1.22. The molecule has 0 saturated carbocycles. The molecule has 0 bridgehead atoms. The van der Waals surface area contributed by atoms with Crippen LogP contribution in [0.4, 0.5) is 0 Å². The molecule has 2 heteroatoms. The number of aryl methyl sites for hydroxylation is 1. The second-order valence-electron chi connectivity index (χ2n) is 4.01. The van der Waals surface area contributed by atoms with Crippen molar-refractivity contribution in [2.45, 2.75) is 20.0 Å². The Hall–Kier alpha value is -1.57. The van der Waals surface area contributed by atoms with Gasteiger partial charge in [0, 0.05) is 12.1 Å². The van der Waals surface area contributed by atoms with Gasteiger partial charge in [0.1, 0.15) is 7.05 Å². The molecule has 0 aliphatic rings. The number of rotatable bonds is 2. The number of hydrogen-bond donors (Lipinski definition) is 0. The van der Waals surface area contributed by atoms with Crippen LogP contribution in [0.3, 0.4) is 0 Å². The van der Waals surface area contributed by atoms with E-state index in [0.717, 1.165) is 5.75 Å². The summed E-state index contributed by atoms with van der Waals surface area (Å²) < 4.78 is 7.77. The summed E-state index contributed by atoms with van der Waals surface area (Å²) in [6.07, 6.45) is 2.23. The lowest BCUT2D eigenvalue weighted by atomic mass is 10.2. The molecule has 2 aromatic rings. The Balaban J connectivity index is 2.52. The Kier molecular flexibility index (Phi) is 2.58. The van der Waals surface area contributed by atoms with Gasteiger partial charge in [-0.15, -0.1) is 0 Å². The number of fused-ring (bicyclic) bond motifs is 1. The minimum atomic E-state index is 0.214. The van der Waals surface area contributed by atoms with Crippen molar-refractivity contribution in [2.24, 2.45) is 7.05 Å². The smallest absolute Gasteiger partial charge is 0.212 e. The summed E-state index contributed by atoms with van der Waals surface area (Å²) in [5.74, 6) is 0.922. The standard InChI is InChI=1S/C13H16NO/c1-10(2)15-12-8-11-6-4-5-7-13(11)14(3)9-12/h4-10H,1-3H3/q+1. The van der Waals surface area contributed by atoms with Gasteiger partial charge in [-0.2, -0.15) is 4.57 Å². The Morgan fingerprint density at radius 3 is 2.67 bits per heavy atom. The van der Waals surface area contributed by atoms with Crippen LogP contribution < -0.4 is 9.30 Å². The number of aromatic nitrogens is 1. The van der Waals surface area contributed by atoms with E-state index in [-0.39, 0.29) is 6.10 Å². The van der Waals surface area contributed by atoms with Crippen molar-refractivity contribution in [1.29, 1.82) is 0 Å². The van der Waals surface area contributed by atoms with E-state index >= 15 is 0 Å². The van der Waals surface area contributed by atoms with Gasteiger partial charge in [0.05, 0.1) is 11.5 Å². The second kappa shape index (κ2) is 3.89. The van der Waals surface area contributed by atoms with E-state index in [9.17, 15) is 0 Å². The van der Waals surface area contributed by atoms with Crippen molar-refractivity contribution in [2.75, 3.05) is 0 Å². The zero-order valence-corrected chi connectivity index (χ0v) is 9.40. The molecule has 0 unspecified atom stereocenters. The maximum absolute atomic E-state index is 5.68. The van der Waals surface area contributed by atoms with Gasteiger partial charge in [0.2, 0.25) is 11.7 Å². The van der Waals surface area contributed by atoms with Crippen LogP contribution in [0.25, 0.3) is 10.9 Å². The molecular formula is C13H16NO+. The molecule has 78 valence electrons. The minimum Gasteiger partial charge on any atom is -0.485 e. The Morgan fingerprint density at radius 1 is 1.20 bits per heavy atom. The molecule has 0 saturated heterocycles. The van der Waals surface area contributed by atoms with Crippen LogP contribution in [0, 0.1) is 0 Å². The van der Waals surface area contributed by atoms with Crippen molar-refractivity contribution in [3.05, 3.63) is 36.5 Å². The number of nitrogens with zero attached hydrogens (tertiary/aromatic N) is 1. The Labute approximate surface area is 90.1 Å². The summed E-state index contributed by atoms with van der Waals surface area (Å²) in [5, 5.41) is 1.21. The van der Waals surface area contributed by atoms with Gasteiger partial charge in [0.25, 0.3) is 0 Å². The fraction of sp³-hybridized carbons (Fsp3) is 0.308. The summed E-state index contributed by atoms with van der Waals surface area (Å²) in [4.78, 5) is 0. The quantitative estimate of drug-likeness (QED) is 0.682. The number of benzene rings is 1. The number of pyridine rings is 1. The van der Waals surface area contributed by atoms with Crippen LogP contribution in [0.1, 0.15) is 13.8 Å². The van der Waals surface area contributed by atoms with Crippen molar-refractivity contribution in [3.63, 3.8) is 0 Å². The van der Waals surface area contributed by atoms with Crippen LogP contribution in [0.5, 0.6) is 5.75 Å². The predicted octanol–water partition coefficient (Wildman–Crippen LogP) is 2.45. The van der Waals surface area contributed by atoms with Crippen LogP contribution >= 0.6 is 0 Å². The number of hydrogen-bond acceptors (Lipinski definition) is 1.